The number of nitrogens with zero attached hydrogens (tertiary/aromatic N) is 1. The van der Waals surface area contributed by atoms with Crippen molar-refractivity contribution in [3.8, 4) is 11.5 Å². The Kier molecular flexibility index (Phi) is 6.83. The van der Waals surface area contributed by atoms with Crippen molar-refractivity contribution in [3.63, 3.8) is 0 Å². The molecule has 3 aromatic carbocycles. The molecule has 0 saturated carbocycles. The van der Waals surface area contributed by atoms with Gasteiger partial charge in [0.25, 0.3) is 11.8 Å². The molecule has 0 atom stereocenters. The van der Waals surface area contributed by atoms with Crippen LogP contribution >= 0.6 is 0 Å². The van der Waals surface area contributed by atoms with E-state index in [-0.39, 0.29) is 23.8 Å². The predicted octanol–water partition coefficient (Wildman–Crippen LogP) is 5.66. The maximum Gasteiger partial charge on any atom is 0.265 e. The fourth-order valence-corrected chi connectivity index (χ4v) is 3.92. The molecule has 1 heterocycles. The van der Waals surface area contributed by atoms with Crippen LogP contribution in [0.25, 0.3) is 0 Å². The average Bonchev–Trinajstić information content (AvgIpc) is 2.82. The first-order valence-corrected chi connectivity index (χ1v) is 11.8. The lowest BCUT2D eigenvalue weighted by Gasteiger charge is -2.29. The highest BCUT2D eigenvalue weighted by molar-refractivity contribution is 6.05. The number of benzene rings is 3. The average molecular weight is 473 g/mol. The van der Waals surface area contributed by atoms with Crippen LogP contribution in [0.2, 0.25) is 0 Å². The number of hydrogen-bond donors (Lipinski definition) is 1. The van der Waals surface area contributed by atoms with Crippen LogP contribution < -0.4 is 19.7 Å². The minimum Gasteiger partial charge on any atom is -0.492 e. The van der Waals surface area contributed by atoms with Gasteiger partial charge in [-0.25, -0.2) is 0 Å². The fraction of sp³-hybridized carbons (Fsp3) is 0.310. The standard InChI is InChI=1S/C29H32N2O4/c1-19-6-7-21(16-20(19)2)28(33)30-23-10-13-26-25(17-23)31(27(32)18-35-26)14-15-34-24-11-8-22(9-12-24)29(3,4)5/h6-13,16-17H,14-15,18H2,1-5H3,(H,30,33). The monoisotopic (exact) mass is 472 g/mol. The van der Waals surface area contributed by atoms with E-state index in [0.29, 0.717) is 35.8 Å². The number of anilines is 2. The van der Waals surface area contributed by atoms with E-state index >= 15 is 0 Å². The molecule has 1 aliphatic rings. The zero-order valence-electron chi connectivity index (χ0n) is 21.0. The van der Waals surface area contributed by atoms with E-state index in [1.807, 2.05) is 38.1 Å². The molecule has 3 aromatic rings. The SMILES string of the molecule is Cc1ccc(C(=O)Nc2ccc3c(c2)N(CCOc2ccc(C(C)(C)C)cc2)C(=O)CO3)cc1C. The molecule has 0 bridgehead atoms. The van der Waals surface area contributed by atoms with Crippen LogP contribution in [0.1, 0.15) is 47.8 Å². The van der Waals surface area contributed by atoms with E-state index < -0.39 is 0 Å². The van der Waals surface area contributed by atoms with Crippen molar-refractivity contribution < 1.29 is 19.1 Å². The van der Waals surface area contributed by atoms with Crippen molar-refractivity contribution in [1.29, 1.82) is 0 Å². The molecular formula is C29H32N2O4. The van der Waals surface area contributed by atoms with Crippen LogP contribution in [0, 0.1) is 13.8 Å². The lowest BCUT2D eigenvalue weighted by Crippen LogP contribution is -2.41. The van der Waals surface area contributed by atoms with E-state index in [1.165, 1.54) is 5.56 Å². The number of ether oxygens (including phenoxy) is 2. The van der Waals surface area contributed by atoms with Crippen molar-refractivity contribution in [2.75, 3.05) is 30.0 Å². The number of nitrogens with one attached hydrogen (secondary N) is 1. The van der Waals surface area contributed by atoms with Gasteiger partial charge in [0, 0.05) is 11.3 Å². The molecule has 0 aliphatic carbocycles. The number of fused-ring (bicyclic) bond motifs is 1. The van der Waals surface area contributed by atoms with Gasteiger partial charge in [-0.05, 0) is 78.4 Å². The largest absolute Gasteiger partial charge is 0.492 e. The van der Waals surface area contributed by atoms with Crippen LogP contribution in [-0.4, -0.2) is 31.6 Å². The molecule has 4 rings (SSSR count). The number of rotatable bonds is 6. The normalized spacial score (nSPS) is 13.2. The maximum atomic E-state index is 12.8. The first kappa shape index (κ1) is 24.3. The van der Waals surface area contributed by atoms with Crippen molar-refractivity contribution in [3.05, 3.63) is 82.9 Å². The molecule has 1 N–H and O–H groups in total. The zero-order valence-corrected chi connectivity index (χ0v) is 21.0. The lowest BCUT2D eigenvalue weighted by atomic mass is 9.87. The van der Waals surface area contributed by atoms with Gasteiger partial charge in [-0.3, -0.25) is 9.59 Å². The Balaban J connectivity index is 1.44. The molecule has 35 heavy (non-hydrogen) atoms. The third-order valence-corrected chi connectivity index (χ3v) is 6.23. The molecule has 0 spiro atoms. The summed E-state index contributed by atoms with van der Waals surface area (Å²) in [6.07, 6.45) is 0. The second kappa shape index (κ2) is 9.82. The van der Waals surface area contributed by atoms with Gasteiger partial charge in [0.1, 0.15) is 18.1 Å². The first-order valence-electron chi connectivity index (χ1n) is 11.8. The molecule has 0 saturated heterocycles. The second-order valence-corrected chi connectivity index (χ2v) is 9.89. The van der Waals surface area contributed by atoms with Crippen molar-refractivity contribution in [1.82, 2.24) is 0 Å². The van der Waals surface area contributed by atoms with Gasteiger partial charge in [0.2, 0.25) is 0 Å². The second-order valence-electron chi connectivity index (χ2n) is 9.89. The molecule has 2 amide bonds. The molecule has 6 nitrogen and oxygen atoms in total. The molecule has 0 unspecified atom stereocenters. The van der Waals surface area contributed by atoms with Gasteiger partial charge in [0.15, 0.2) is 6.61 Å². The third-order valence-electron chi connectivity index (χ3n) is 6.23. The van der Waals surface area contributed by atoms with E-state index in [0.717, 1.165) is 16.9 Å². The van der Waals surface area contributed by atoms with Crippen LogP contribution in [0.15, 0.2) is 60.7 Å². The number of hydrogen-bond acceptors (Lipinski definition) is 4. The number of carbonyl (C=O) groups is 2. The summed E-state index contributed by atoms with van der Waals surface area (Å²) in [5.41, 5.74) is 5.29. The Hall–Kier alpha value is -3.80. The molecule has 182 valence electrons. The van der Waals surface area contributed by atoms with E-state index in [2.05, 4.69) is 38.2 Å². The highest BCUT2D eigenvalue weighted by Gasteiger charge is 2.26. The van der Waals surface area contributed by atoms with Gasteiger partial charge in [-0.2, -0.15) is 0 Å². The van der Waals surface area contributed by atoms with Crippen molar-refractivity contribution >= 4 is 23.2 Å². The lowest BCUT2D eigenvalue weighted by molar-refractivity contribution is -0.121. The minimum atomic E-state index is -0.204. The molecule has 0 radical (unpaired) electrons. The summed E-state index contributed by atoms with van der Waals surface area (Å²) >= 11 is 0. The number of amides is 2. The number of carbonyl (C=O) groups excluding carboxylic acids is 2. The van der Waals surface area contributed by atoms with E-state index in [1.54, 1.807) is 29.2 Å². The number of aryl methyl sites for hydroxylation is 2. The first-order chi connectivity index (χ1) is 16.6. The summed E-state index contributed by atoms with van der Waals surface area (Å²) in [4.78, 5) is 27.0. The van der Waals surface area contributed by atoms with Gasteiger partial charge in [0.05, 0.1) is 12.2 Å². The van der Waals surface area contributed by atoms with Crippen LogP contribution in [0.4, 0.5) is 11.4 Å². The summed E-state index contributed by atoms with van der Waals surface area (Å²) in [7, 11) is 0. The molecule has 6 heteroatoms. The Morgan fingerprint density at radius 3 is 2.43 bits per heavy atom. The van der Waals surface area contributed by atoms with Gasteiger partial charge >= 0.3 is 0 Å². The van der Waals surface area contributed by atoms with E-state index in [9.17, 15) is 9.59 Å². The summed E-state index contributed by atoms with van der Waals surface area (Å²) in [6, 6.07) is 19.0. The summed E-state index contributed by atoms with van der Waals surface area (Å²) in [6.45, 7) is 11.2. The van der Waals surface area contributed by atoms with Crippen LogP contribution in [-0.2, 0) is 10.2 Å². The summed E-state index contributed by atoms with van der Waals surface area (Å²) in [5, 5.41) is 2.93. The van der Waals surface area contributed by atoms with Gasteiger partial charge < -0.3 is 19.7 Å². The Morgan fingerprint density at radius 1 is 1.00 bits per heavy atom. The summed E-state index contributed by atoms with van der Waals surface area (Å²) < 4.78 is 11.5. The highest BCUT2D eigenvalue weighted by atomic mass is 16.5. The molecule has 0 aromatic heterocycles. The topological polar surface area (TPSA) is 67.9 Å². The minimum absolute atomic E-state index is 0.0262. The third kappa shape index (κ3) is 5.65. The zero-order chi connectivity index (χ0) is 25.2. The van der Waals surface area contributed by atoms with Crippen molar-refractivity contribution in [2.24, 2.45) is 0 Å². The van der Waals surface area contributed by atoms with Crippen molar-refractivity contribution in [2.45, 2.75) is 40.0 Å². The fourth-order valence-electron chi connectivity index (χ4n) is 3.92. The highest BCUT2D eigenvalue weighted by Crippen LogP contribution is 2.34. The van der Waals surface area contributed by atoms with Crippen LogP contribution in [0.3, 0.4) is 0 Å². The quantitative estimate of drug-likeness (QED) is 0.503. The molecular weight excluding hydrogens is 440 g/mol. The van der Waals surface area contributed by atoms with E-state index in [4.69, 9.17) is 9.47 Å². The van der Waals surface area contributed by atoms with Gasteiger partial charge in [-0.1, -0.05) is 39.0 Å². The predicted molar refractivity (Wildman–Crippen MR) is 139 cm³/mol. The smallest absolute Gasteiger partial charge is 0.265 e. The Bertz CT molecular complexity index is 1240. The molecule has 1 aliphatic heterocycles. The van der Waals surface area contributed by atoms with Gasteiger partial charge in [-0.15, -0.1) is 0 Å². The summed E-state index contributed by atoms with van der Waals surface area (Å²) in [5.74, 6) is 1.00. The Labute approximate surface area is 206 Å². The Morgan fingerprint density at radius 2 is 1.74 bits per heavy atom. The maximum absolute atomic E-state index is 12.8. The molecule has 0 fully saturated rings. The van der Waals surface area contributed by atoms with Crippen LogP contribution in [0.5, 0.6) is 11.5 Å².